The number of rotatable bonds is 5. The third-order valence-corrected chi connectivity index (χ3v) is 4.18. The highest BCUT2D eigenvalue weighted by Gasteiger charge is 2.27. The molecular formula is C18H21N3O4. The lowest BCUT2D eigenvalue weighted by Crippen LogP contribution is -2.42. The van der Waals surface area contributed by atoms with Gasteiger partial charge in [0.1, 0.15) is 6.10 Å². The second kappa shape index (κ2) is 7.83. The SMILES string of the molecule is COc1cccc(C(=O)N2CCC(Oc3ncccn3)CC2)c1OC. The molecule has 0 spiro atoms. The van der Waals surface area contributed by atoms with Gasteiger partial charge in [0.05, 0.1) is 19.8 Å². The van der Waals surface area contributed by atoms with Gasteiger partial charge in [-0.15, -0.1) is 0 Å². The summed E-state index contributed by atoms with van der Waals surface area (Å²) in [5.41, 5.74) is 0.507. The maximum Gasteiger partial charge on any atom is 0.316 e. The Morgan fingerprint density at radius 1 is 1.08 bits per heavy atom. The van der Waals surface area contributed by atoms with Crippen LogP contribution in [0.4, 0.5) is 0 Å². The van der Waals surface area contributed by atoms with Crippen LogP contribution in [0.5, 0.6) is 17.5 Å². The molecule has 0 saturated carbocycles. The van der Waals surface area contributed by atoms with Gasteiger partial charge >= 0.3 is 6.01 Å². The summed E-state index contributed by atoms with van der Waals surface area (Å²) in [6.07, 6.45) is 4.78. The van der Waals surface area contributed by atoms with E-state index in [9.17, 15) is 4.79 Å². The van der Waals surface area contributed by atoms with Crippen molar-refractivity contribution in [3.05, 3.63) is 42.2 Å². The maximum absolute atomic E-state index is 12.8. The first-order valence-corrected chi connectivity index (χ1v) is 8.17. The third-order valence-electron chi connectivity index (χ3n) is 4.18. The lowest BCUT2D eigenvalue weighted by molar-refractivity contribution is 0.0575. The van der Waals surface area contributed by atoms with E-state index in [1.165, 1.54) is 7.11 Å². The number of methoxy groups -OCH3 is 2. The van der Waals surface area contributed by atoms with Crippen LogP contribution in [0.25, 0.3) is 0 Å². The van der Waals surface area contributed by atoms with Crippen molar-refractivity contribution >= 4 is 5.91 Å². The Labute approximate surface area is 146 Å². The highest BCUT2D eigenvalue weighted by molar-refractivity contribution is 5.97. The normalized spacial score (nSPS) is 14.9. The topological polar surface area (TPSA) is 73.8 Å². The largest absolute Gasteiger partial charge is 0.493 e. The summed E-state index contributed by atoms with van der Waals surface area (Å²) in [5, 5.41) is 0. The molecule has 2 aromatic rings. The van der Waals surface area contributed by atoms with Crippen molar-refractivity contribution in [2.45, 2.75) is 18.9 Å². The van der Waals surface area contributed by atoms with E-state index in [-0.39, 0.29) is 12.0 Å². The van der Waals surface area contributed by atoms with E-state index in [0.717, 1.165) is 12.8 Å². The fraction of sp³-hybridized carbons (Fsp3) is 0.389. The average Bonchev–Trinajstić information content (AvgIpc) is 2.68. The van der Waals surface area contributed by atoms with E-state index in [4.69, 9.17) is 14.2 Å². The van der Waals surface area contributed by atoms with Crippen molar-refractivity contribution in [2.24, 2.45) is 0 Å². The van der Waals surface area contributed by atoms with Crippen molar-refractivity contribution in [3.8, 4) is 17.5 Å². The molecule has 1 aliphatic rings. The average molecular weight is 343 g/mol. The molecule has 1 aromatic heterocycles. The zero-order valence-electron chi connectivity index (χ0n) is 14.3. The van der Waals surface area contributed by atoms with Gasteiger partial charge in [-0.05, 0) is 18.2 Å². The number of piperidine rings is 1. The monoisotopic (exact) mass is 343 g/mol. The number of benzene rings is 1. The van der Waals surface area contributed by atoms with Crippen LogP contribution < -0.4 is 14.2 Å². The number of ether oxygens (including phenoxy) is 3. The molecule has 1 amide bonds. The van der Waals surface area contributed by atoms with Crippen LogP contribution in [0.1, 0.15) is 23.2 Å². The molecule has 0 aliphatic carbocycles. The van der Waals surface area contributed by atoms with E-state index in [1.807, 2.05) is 4.90 Å². The Bertz CT molecular complexity index is 716. The number of para-hydroxylation sites is 1. The Morgan fingerprint density at radius 2 is 1.80 bits per heavy atom. The fourth-order valence-corrected chi connectivity index (χ4v) is 2.90. The summed E-state index contributed by atoms with van der Waals surface area (Å²) >= 11 is 0. The van der Waals surface area contributed by atoms with E-state index in [2.05, 4.69) is 9.97 Å². The van der Waals surface area contributed by atoms with Crippen molar-refractivity contribution in [1.29, 1.82) is 0 Å². The smallest absolute Gasteiger partial charge is 0.316 e. The van der Waals surface area contributed by atoms with Gasteiger partial charge in [0.25, 0.3) is 5.91 Å². The first kappa shape index (κ1) is 17.0. The van der Waals surface area contributed by atoms with Gasteiger partial charge < -0.3 is 19.1 Å². The van der Waals surface area contributed by atoms with E-state index in [1.54, 1.807) is 43.8 Å². The number of amides is 1. The summed E-state index contributed by atoms with van der Waals surface area (Å²) in [6.45, 7) is 1.22. The van der Waals surface area contributed by atoms with Gasteiger partial charge in [0.2, 0.25) is 0 Å². The maximum atomic E-state index is 12.8. The Morgan fingerprint density at radius 3 is 2.44 bits per heavy atom. The fourth-order valence-electron chi connectivity index (χ4n) is 2.90. The highest BCUT2D eigenvalue weighted by atomic mass is 16.5. The van der Waals surface area contributed by atoms with Gasteiger partial charge in [0.15, 0.2) is 11.5 Å². The molecule has 0 N–H and O–H groups in total. The van der Waals surface area contributed by atoms with Gasteiger partial charge in [0, 0.05) is 38.3 Å². The van der Waals surface area contributed by atoms with Crippen molar-refractivity contribution in [1.82, 2.24) is 14.9 Å². The lowest BCUT2D eigenvalue weighted by atomic mass is 10.1. The quantitative estimate of drug-likeness (QED) is 0.828. The summed E-state index contributed by atoms with van der Waals surface area (Å²) in [7, 11) is 3.09. The molecule has 1 aliphatic heterocycles. The van der Waals surface area contributed by atoms with Crippen LogP contribution in [0.15, 0.2) is 36.7 Å². The third kappa shape index (κ3) is 3.81. The number of likely N-dealkylation sites (tertiary alicyclic amines) is 1. The molecule has 7 nitrogen and oxygen atoms in total. The molecule has 0 atom stereocenters. The summed E-state index contributed by atoms with van der Waals surface area (Å²) in [5.74, 6) is 0.948. The number of carbonyl (C=O) groups excluding carboxylic acids is 1. The van der Waals surface area contributed by atoms with E-state index in [0.29, 0.717) is 36.2 Å². The highest BCUT2D eigenvalue weighted by Crippen LogP contribution is 2.32. The number of hydrogen-bond acceptors (Lipinski definition) is 6. The predicted molar refractivity (Wildman–Crippen MR) is 91.1 cm³/mol. The Hall–Kier alpha value is -2.83. The molecule has 1 aromatic carbocycles. The second-order valence-electron chi connectivity index (χ2n) is 5.68. The summed E-state index contributed by atoms with van der Waals surface area (Å²) < 4.78 is 16.4. The minimum Gasteiger partial charge on any atom is -0.493 e. The zero-order valence-corrected chi connectivity index (χ0v) is 14.3. The minimum absolute atomic E-state index is 0.0126. The van der Waals surface area contributed by atoms with E-state index >= 15 is 0 Å². The Balaban J connectivity index is 1.64. The number of hydrogen-bond donors (Lipinski definition) is 0. The van der Waals surface area contributed by atoms with Crippen LogP contribution in [0.2, 0.25) is 0 Å². The molecule has 0 unspecified atom stereocenters. The zero-order chi connectivity index (χ0) is 17.6. The first-order chi connectivity index (χ1) is 12.2. The molecule has 132 valence electrons. The van der Waals surface area contributed by atoms with Gasteiger partial charge in [-0.3, -0.25) is 4.79 Å². The molecule has 0 bridgehead atoms. The molecule has 1 fully saturated rings. The number of carbonyl (C=O) groups is 1. The van der Waals surface area contributed by atoms with Crippen molar-refractivity contribution in [3.63, 3.8) is 0 Å². The molecule has 1 saturated heterocycles. The van der Waals surface area contributed by atoms with Crippen LogP contribution in [0.3, 0.4) is 0 Å². The second-order valence-corrected chi connectivity index (χ2v) is 5.68. The predicted octanol–water partition coefficient (Wildman–Crippen LogP) is 2.18. The van der Waals surface area contributed by atoms with Crippen LogP contribution in [-0.2, 0) is 0 Å². The van der Waals surface area contributed by atoms with Crippen molar-refractivity contribution < 1.29 is 19.0 Å². The molecule has 3 rings (SSSR count). The van der Waals surface area contributed by atoms with Crippen LogP contribution in [-0.4, -0.2) is 54.2 Å². The van der Waals surface area contributed by atoms with Crippen LogP contribution >= 0.6 is 0 Å². The summed E-state index contributed by atoms with van der Waals surface area (Å²) in [6, 6.07) is 7.44. The summed E-state index contributed by atoms with van der Waals surface area (Å²) in [4.78, 5) is 22.8. The standard InChI is InChI=1S/C18H21N3O4/c1-23-15-6-3-5-14(16(15)24-2)17(22)21-11-7-13(8-12-21)25-18-19-9-4-10-20-18/h3-6,9-10,13H,7-8,11-12H2,1-2H3. The van der Waals surface area contributed by atoms with Gasteiger partial charge in [-0.1, -0.05) is 6.07 Å². The molecule has 7 heteroatoms. The van der Waals surface area contributed by atoms with Gasteiger partial charge in [-0.25, -0.2) is 9.97 Å². The Kier molecular flexibility index (Phi) is 5.33. The van der Waals surface area contributed by atoms with Gasteiger partial charge in [-0.2, -0.15) is 0 Å². The number of nitrogens with zero attached hydrogens (tertiary/aromatic N) is 3. The molecular weight excluding hydrogens is 322 g/mol. The molecule has 0 radical (unpaired) electrons. The first-order valence-electron chi connectivity index (χ1n) is 8.17. The lowest BCUT2D eigenvalue weighted by Gasteiger charge is -2.32. The van der Waals surface area contributed by atoms with E-state index < -0.39 is 0 Å². The minimum atomic E-state index is -0.0647. The van der Waals surface area contributed by atoms with Crippen LogP contribution in [0, 0.1) is 0 Å². The number of aromatic nitrogens is 2. The van der Waals surface area contributed by atoms with Crippen molar-refractivity contribution in [2.75, 3.05) is 27.3 Å². The molecule has 25 heavy (non-hydrogen) atoms. The molecule has 2 heterocycles.